The van der Waals surface area contributed by atoms with Crippen LogP contribution in [0.2, 0.25) is 0 Å². The third-order valence-corrected chi connectivity index (χ3v) is 13.9. The van der Waals surface area contributed by atoms with Gasteiger partial charge in [-0.3, -0.25) is 0 Å². The summed E-state index contributed by atoms with van der Waals surface area (Å²) in [6, 6.07) is 29.4. The van der Waals surface area contributed by atoms with Crippen molar-refractivity contribution in [1.29, 1.82) is 0 Å². The van der Waals surface area contributed by atoms with Crippen molar-refractivity contribution >= 4 is 12.9 Å². The SMILES string of the molecule is O=C[O][Ti]1([O]C=O)[CH]2c3ccccc3-c3cccc(c32)CCc2cccc3c2[CH]1c1ccccc1-3. The third-order valence-electron chi connectivity index (χ3n) is 8.03. The molecule has 2 atom stereocenters. The van der Waals surface area contributed by atoms with Crippen LogP contribution < -0.4 is 0 Å². The Morgan fingerprint density at radius 1 is 0.571 bits per heavy atom. The van der Waals surface area contributed by atoms with Crippen LogP contribution in [-0.4, -0.2) is 12.9 Å². The molecular weight excluding hydrogens is 472 g/mol. The van der Waals surface area contributed by atoms with Gasteiger partial charge in [-0.1, -0.05) is 0 Å². The van der Waals surface area contributed by atoms with Crippen LogP contribution in [0.5, 0.6) is 0 Å². The molecular formula is C30H22O4Ti. The molecule has 170 valence electrons. The predicted molar refractivity (Wildman–Crippen MR) is 129 cm³/mol. The minimum atomic E-state index is -4.43. The number of benzene rings is 4. The average Bonchev–Trinajstić information content (AvgIpc) is 3.43. The van der Waals surface area contributed by atoms with Crippen LogP contribution in [0.15, 0.2) is 84.9 Å². The summed E-state index contributed by atoms with van der Waals surface area (Å²) in [5, 5.41) is 0. The molecule has 0 N–H and O–H groups in total. The van der Waals surface area contributed by atoms with Crippen molar-refractivity contribution in [3.8, 4) is 22.3 Å². The summed E-state index contributed by atoms with van der Waals surface area (Å²) in [7, 11) is 0. The fourth-order valence-electron chi connectivity index (χ4n) is 6.83. The van der Waals surface area contributed by atoms with Gasteiger partial charge < -0.3 is 0 Å². The summed E-state index contributed by atoms with van der Waals surface area (Å²) in [6.45, 7) is 1.04. The van der Waals surface area contributed by atoms with Gasteiger partial charge in [-0.15, -0.1) is 0 Å². The standard InChI is InChI=1S/C28H20.2CH2O2.Ti/c1-3-11-23-21(7-1)17-27-19(9-5-13-25(23)27)15-16-20-10-6-14-26-24-12-4-2-8-22(24)18-28(20)26;2*2-1-3;/h1-14,17-18H,15-16H2;2*1H,(H,2,3);/q;;;+2/p-2. The van der Waals surface area contributed by atoms with E-state index in [1.165, 1.54) is 11.1 Å². The molecule has 0 fully saturated rings. The first-order chi connectivity index (χ1) is 17.3. The van der Waals surface area contributed by atoms with E-state index in [0.29, 0.717) is 12.9 Å². The van der Waals surface area contributed by atoms with Crippen LogP contribution in [0.3, 0.4) is 0 Å². The number of aryl methyl sites for hydroxylation is 2. The molecule has 0 saturated heterocycles. The Morgan fingerprint density at radius 2 is 1.00 bits per heavy atom. The summed E-state index contributed by atoms with van der Waals surface area (Å²) in [6.07, 6.45) is 1.74. The molecule has 7 rings (SSSR count). The van der Waals surface area contributed by atoms with E-state index in [9.17, 15) is 9.59 Å². The van der Waals surface area contributed by atoms with Gasteiger partial charge in [0.1, 0.15) is 0 Å². The fraction of sp³-hybridized carbons (Fsp3) is 0.133. The van der Waals surface area contributed by atoms with Crippen molar-refractivity contribution in [3.05, 3.63) is 118 Å². The van der Waals surface area contributed by atoms with Gasteiger partial charge in [0.15, 0.2) is 0 Å². The van der Waals surface area contributed by atoms with Crippen LogP contribution in [0, 0.1) is 0 Å². The van der Waals surface area contributed by atoms with Crippen LogP contribution in [0.25, 0.3) is 22.3 Å². The second-order valence-electron chi connectivity index (χ2n) is 9.45. The molecule has 4 aromatic carbocycles. The van der Waals surface area contributed by atoms with E-state index in [2.05, 4.69) is 60.7 Å². The van der Waals surface area contributed by atoms with Crippen molar-refractivity contribution < 1.29 is 33.6 Å². The minimum absolute atomic E-state index is 0.275. The summed E-state index contributed by atoms with van der Waals surface area (Å²) in [5.74, 6) is 0. The van der Waals surface area contributed by atoms with E-state index >= 15 is 0 Å². The zero-order valence-electron chi connectivity index (χ0n) is 18.9. The molecule has 0 spiro atoms. The Hall–Kier alpha value is -3.47. The third kappa shape index (κ3) is 2.72. The molecule has 0 radical (unpaired) electrons. The molecule has 4 aromatic rings. The van der Waals surface area contributed by atoms with Crippen LogP contribution in [0.1, 0.15) is 41.8 Å². The first kappa shape index (κ1) is 20.9. The Labute approximate surface area is 207 Å². The van der Waals surface area contributed by atoms with E-state index in [4.69, 9.17) is 6.64 Å². The molecule has 35 heavy (non-hydrogen) atoms. The van der Waals surface area contributed by atoms with Gasteiger partial charge >= 0.3 is 208 Å². The molecule has 0 saturated carbocycles. The summed E-state index contributed by atoms with van der Waals surface area (Å²) >= 11 is -4.43. The van der Waals surface area contributed by atoms with Crippen LogP contribution in [0.4, 0.5) is 0 Å². The van der Waals surface area contributed by atoms with Crippen molar-refractivity contribution in [2.45, 2.75) is 21.3 Å². The number of hydrogen-bond donors (Lipinski definition) is 0. The Morgan fingerprint density at radius 3 is 1.46 bits per heavy atom. The van der Waals surface area contributed by atoms with Gasteiger partial charge in [-0.2, -0.15) is 0 Å². The number of carbonyl (C=O) groups excluding carboxylic acids is 2. The number of carbonyl (C=O) groups is 2. The number of hydrogen-bond acceptors (Lipinski definition) is 4. The molecule has 3 aliphatic rings. The molecule has 0 aromatic heterocycles. The molecule has 4 nitrogen and oxygen atoms in total. The first-order valence-corrected chi connectivity index (χ1v) is 15.0. The quantitative estimate of drug-likeness (QED) is 0.260. The topological polar surface area (TPSA) is 52.6 Å². The molecule has 2 aliphatic carbocycles. The van der Waals surface area contributed by atoms with Gasteiger partial charge in [0.05, 0.1) is 0 Å². The Balaban J connectivity index is 1.65. The van der Waals surface area contributed by atoms with Crippen molar-refractivity contribution in [1.82, 2.24) is 0 Å². The maximum absolute atomic E-state index is 12.3. The maximum atomic E-state index is 12.3. The van der Waals surface area contributed by atoms with Gasteiger partial charge in [0, 0.05) is 0 Å². The summed E-state index contributed by atoms with van der Waals surface area (Å²) in [5.41, 5.74) is 11.5. The first-order valence-electron chi connectivity index (χ1n) is 11.9. The van der Waals surface area contributed by atoms with Crippen LogP contribution in [-0.2, 0) is 46.4 Å². The molecule has 2 unspecified atom stereocenters. The predicted octanol–water partition coefficient (Wildman–Crippen LogP) is 5.95. The van der Waals surface area contributed by atoms with Crippen molar-refractivity contribution in [3.63, 3.8) is 0 Å². The zero-order chi connectivity index (χ0) is 23.6. The van der Waals surface area contributed by atoms with E-state index in [1.807, 2.05) is 24.3 Å². The second-order valence-corrected chi connectivity index (χ2v) is 14.2. The molecule has 0 amide bonds. The van der Waals surface area contributed by atoms with E-state index in [0.717, 1.165) is 57.3 Å². The molecule has 0 bridgehead atoms. The van der Waals surface area contributed by atoms with Crippen molar-refractivity contribution in [2.24, 2.45) is 0 Å². The van der Waals surface area contributed by atoms with Crippen molar-refractivity contribution in [2.75, 3.05) is 0 Å². The molecule has 1 aliphatic heterocycles. The van der Waals surface area contributed by atoms with Gasteiger partial charge in [0.2, 0.25) is 0 Å². The second kappa shape index (κ2) is 7.77. The average molecular weight is 494 g/mol. The Bertz CT molecular complexity index is 1410. The van der Waals surface area contributed by atoms with Crippen LogP contribution >= 0.6 is 0 Å². The molecule has 1 heterocycles. The van der Waals surface area contributed by atoms with Gasteiger partial charge in [0.25, 0.3) is 0 Å². The van der Waals surface area contributed by atoms with Gasteiger partial charge in [-0.25, -0.2) is 0 Å². The number of fused-ring (bicyclic) bond motifs is 6. The van der Waals surface area contributed by atoms with E-state index in [-0.39, 0.29) is 8.45 Å². The Kier molecular flexibility index (Phi) is 4.64. The zero-order valence-corrected chi connectivity index (χ0v) is 20.5. The summed E-state index contributed by atoms with van der Waals surface area (Å²) in [4.78, 5) is 24.5. The van der Waals surface area contributed by atoms with Gasteiger partial charge in [-0.05, 0) is 0 Å². The number of rotatable bonds is 4. The molecule has 5 heteroatoms. The normalized spacial score (nSPS) is 19.7. The fourth-order valence-corrected chi connectivity index (χ4v) is 13.2. The monoisotopic (exact) mass is 494 g/mol. The van der Waals surface area contributed by atoms with E-state index in [1.54, 1.807) is 0 Å². The summed E-state index contributed by atoms with van der Waals surface area (Å²) < 4.78 is 12.0. The van der Waals surface area contributed by atoms with E-state index < -0.39 is 17.4 Å².